The second kappa shape index (κ2) is 6.40. The summed E-state index contributed by atoms with van der Waals surface area (Å²) >= 11 is 0.897. The lowest BCUT2D eigenvalue weighted by molar-refractivity contribution is -0.140. The van der Waals surface area contributed by atoms with E-state index in [1.165, 1.54) is 0 Å². The van der Waals surface area contributed by atoms with Crippen LogP contribution < -0.4 is 5.32 Å². The molecule has 2 N–H and O–H groups in total. The Morgan fingerprint density at radius 2 is 1.92 bits per heavy atom. The number of rotatable bonds is 4. The molecule has 1 unspecified atom stereocenters. The summed E-state index contributed by atoms with van der Waals surface area (Å²) in [5.74, 6) is -0.0850. The number of alkyl halides is 3. The highest BCUT2D eigenvalue weighted by Gasteiger charge is 2.33. The molecule has 0 spiro atoms. The van der Waals surface area contributed by atoms with E-state index in [-0.39, 0.29) is 11.0 Å². The summed E-state index contributed by atoms with van der Waals surface area (Å²) in [6.45, 7) is 3.80. The lowest BCUT2D eigenvalue weighted by Crippen LogP contribution is -2.06. The Bertz CT molecular complexity index is 851. The number of aryl methyl sites for hydroxylation is 1. The Balaban J connectivity index is 1.75. The molecule has 0 radical (unpaired) electrons. The summed E-state index contributed by atoms with van der Waals surface area (Å²) in [6, 6.07) is 7.21. The molecule has 2 heterocycles. The van der Waals surface area contributed by atoms with Gasteiger partial charge in [-0.05, 0) is 30.2 Å². The van der Waals surface area contributed by atoms with Gasteiger partial charge in [0.05, 0.1) is 11.9 Å². The van der Waals surface area contributed by atoms with Crippen molar-refractivity contribution in [3.05, 3.63) is 58.4 Å². The van der Waals surface area contributed by atoms with Gasteiger partial charge in [0.15, 0.2) is 10.8 Å². The van der Waals surface area contributed by atoms with Crippen LogP contribution in [0.15, 0.2) is 35.8 Å². The van der Waals surface area contributed by atoms with Gasteiger partial charge in [0, 0.05) is 17.0 Å². The molecule has 132 valence electrons. The lowest BCUT2D eigenvalue weighted by Gasteiger charge is -2.13. The molecule has 0 amide bonds. The van der Waals surface area contributed by atoms with Gasteiger partial charge in [-0.2, -0.15) is 13.2 Å². The van der Waals surface area contributed by atoms with Crippen molar-refractivity contribution >= 4 is 22.2 Å². The Morgan fingerprint density at radius 1 is 1.24 bits per heavy atom. The van der Waals surface area contributed by atoms with E-state index >= 15 is 0 Å². The minimum absolute atomic E-state index is 0.0850. The van der Waals surface area contributed by atoms with Crippen LogP contribution in [0.5, 0.6) is 0 Å². The van der Waals surface area contributed by atoms with Crippen LogP contribution >= 0.6 is 11.3 Å². The van der Waals surface area contributed by atoms with Crippen LogP contribution in [0.25, 0.3) is 0 Å². The largest absolute Gasteiger partial charge is 0.434 e. The van der Waals surface area contributed by atoms with Crippen LogP contribution in [-0.2, 0) is 6.18 Å². The number of hydrogen-bond donors (Lipinski definition) is 2. The molecule has 0 fully saturated rings. The van der Waals surface area contributed by atoms with Gasteiger partial charge in [-0.25, -0.2) is 4.98 Å². The highest BCUT2D eigenvalue weighted by molar-refractivity contribution is 7.13. The molecule has 0 aliphatic heterocycles. The van der Waals surface area contributed by atoms with Crippen LogP contribution in [-0.4, -0.2) is 20.1 Å². The van der Waals surface area contributed by atoms with Gasteiger partial charge in [-0.3, -0.25) is 0 Å². The van der Waals surface area contributed by atoms with E-state index in [9.17, 15) is 18.4 Å². The number of nitrogens with zero attached hydrogens (tertiary/aromatic N) is 3. The predicted octanol–water partition coefficient (Wildman–Crippen LogP) is 4.80. The van der Waals surface area contributed by atoms with Crippen molar-refractivity contribution in [3.63, 3.8) is 0 Å². The Hall–Kier alpha value is -2.55. The SMILES string of the molecule is Cc1cnn(O)c1C(C)c1ccc(Nc2nc(C(F)(F)F)cs2)cc1. The standard InChI is InChI=1S/C16H15F3N4OS/c1-9-7-20-23(24)14(9)10(2)11-3-5-12(6-4-11)21-15-22-13(8-25-15)16(17,18)19/h3-8,10,24H,1-2H3,(H,21,22). The maximum Gasteiger partial charge on any atom is 0.434 e. The van der Waals surface area contributed by atoms with Crippen molar-refractivity contribution in [1.29, 1.82) is 0 Å². The van der Waals surface area contributed by atoms with Crippen LogP contribution in [0.3, 0.4) is 0 Å². The molecule has 9 heteroatoms. The van der Waals surface area contributed by atoms with Gasteiger partial charge in [-0.1, -0.05) is 19.1 Å². The maximum atomic E-state index is 12.6. The van der Waals surface area contributed by atoms with Crippen molar-refractivity contribution in [3.8, 4) is 0 Å². The number of benzene rings is 1. The topological polar surface area (TPSA) is 63.0 Å². The number of hydrogen-bond acceptors (Lipinski definition) is 5. The summed E-state index contributed by atoms with van der Waals surface area (Å²) in [6.07, 6.45) is -2.86. The molecule has 3 aromatic rings. The first kappa shape index (κ1) is 17.3. The number of nitrogens with one attached hydrogen (secondary N) is 1. The number of thiazole rings is 1. The molecule has 0 saturated carbocycles. The summed E-state index contributed by atoms with van der Waals surface area (Å²) in [5, 5.41) is 17.6. The fraction of sp³-hybridized carbons (Fsp3) is 0.250. The average molecular weight is 368 g/mol. The molecule has 5 nitrogen and oxygen atoms in total. The fourth-order valence-corrected chi connectivity index (χ4v) is 3.28. The molecular weight excluding hydrogens is 353 g/mol. The van der Waals surface area contributed by atoms with Gasteiger partial charge in [0.1, 0.15) is 0 Å². The minimum Gasteiger partial charge on any atom is -0.411 e. The van der Waals surface area contributed by atoms with Gasteiger partial charge in [0.25, 0.3) is 0 Å². The van der Waals surface area contributed by atoms with E-state index in [0.29, 0.717) is 11.4 Å². The zero-order valence-electron chi connectivity index (χ0n) is 13.4. The molecule has 3 rings (SSSR count). The van der Waals surface area contributed by atoms with E-state index in [0.717, 1.165) is 32.7 Å². The summed E-state index contributed by atoms with van der Waals surface area (Å²) in [7, 11) is 0. The first-order valence-corrected chi connectivity index (χ1v) is 8.27. The van der Waals surface area contributed by atoms with E-state index in [2.05, 4.69) is 15.4 Å². The number of halogens is 3. The normalized spacial score (nSPS) is 13.0. The van der Waals surface area contributed by atoms with E-state index in [1.807, 2.05) is 26.0 Å². The molecule has 25 heavy (non-hydrogen) atoms. The van der Waals surface area contributed by atoms with E-state index < -0.39 is 11.9 Å². The monoisotopic (exact) mass is 368 g/mol. The van der Waals surface area contributed by atoms with E-state index in [1.54, 1.807) is 18.3 Å². The van der Waals surface area contributed by atoms with Gasteiger partial charge < -0.3 is 10.5 Å². The van der Waals surface area contributed by atoms with Crippen molar-refractivity contribution < 1.29 is 18.4 Å². The molecule has 0 aliphatic carbocycles. The summed E-state index contributed by atoms with van der Waals surface area (Å²) in [5.41, 5.74) is 2.24. The minimum atomic E-state index is -4.44. The third-order valence-corrected chi connectivity index (χ3v) is 4.60. The molecule has 1 atom stereocenters. The first-order chi connectivity index (χ1) is 11.8. The van der Waals surface area contributed by atoms with Crippen molar-refractivity contribution in [2.24, 2.45) is 0 Å². The lowest BCUT2D eigenvalue weighted by atomic mass is 9.95. The third kappa shape index (κ3) is 3.60. The Morgan fingerprint density at radius 3 is 2.44 bits per heavy atom. The highest BCUT2D eigenvalue weighted by Crippen LogP contribution is 2.33. The molecule has 0 bridgehead atoms. The Kier molecular flexibility index (Phi) is 4.42. The molecule has 0 saturated heterocycles. The molecule has 2 aromatic heterocycles. The third-order valence-electron chi connectivity index (χ3n) is 3.85. The second-order valence-corrected chi connectivity index (χ2v) is 6.46. The quantitative estimate of drug-likeness (QED) is 0.650. The van der Waals surface area contributed by atoms with Crippen molar-refractivity contribution in [2.45, 2.75) is 25.9 Å². The van der Waals surface area contributed by atoms with Crippen LogP contribution in [0.1, 0.15) is 35.4 Å². The van der Waals surface area contributed by atoms with Crippen LogP contribution in [0.4, 0.5) is 24.0 Å². The first-order valence-electron chi connectivity index (χ1n) is 7.39. The zero-order chi connectivity index (χ0) is 18.2. The predicted molar refractivity (Wildman–Crippen MR) is 88.5 cm³/mol. The fourth-order valence-electron chi connectivity index (χ4n) is 2.54. The average Bonchev–Trinajstić information content (AvgIpc) is 3.14. The second-order valence-electron chi connectivity index (χ2n) is 5.61. The van der Waals surface area contributed by atoms with Gasteiger partial charge in [-0.15, -0.1) is 21.3 Å². The van der Waals surface area contributed by atoms with Crippen LogP contribution in [0.2, 0.25) is 0 Å². The van der Waals surface area contributed by atoms with E-state index in [4.69, 9.17) is 0 Å². The smallest absolute Gasteiger partial charge is 0.411 e. The Labute approximate surface area is 145 Å². The van der Waals surface area contributed by atoms with Crippen molar-refractivity contribution in [2.75, 3.05) is 5.32 Å². The summed E-state index contributed by atoms with van der Waals surface area (Å²) < 4.78 is 37.7. The molecular formula is C16H15F3N4OS. The number of aromatic nitrogens is 3. The molecule has 0 aliphatic rings. The highest BCUT2D eigenvalue weighted by atomic mass is 32.1. The van der Waals surface area contributed by atoms with Crippen molar-refractivity contribution in [1.82, 2.24) is 14.9 Å². The molecule has 1 aromatic carbocycles. The zero-order valence-corrected chi connectivity index (χ0v) is 14.2. The van der Waals surface area contributed by atoms with Crippen LogP contribution in [0, 0.1) is 6.92 Å². The van der Waals surface area contributed by atoms with Gasteiger partial charge >= 0.3 is 6.18 Å². The summed E-state index contributed by atoms with van der Waals surface area (Å²) in [4.78, 5) is 4.40. The number of anilines is 2. The maximum absolute atomic E-state index is 12.6. The van der Waals surface area contributed by atoms with Gasteiger partial charge in [0.2, 0.25) is 0 Å².